The van der Waals surface area contributed by atoms with E-state index in [-0.39, 0.29) is 6.54 Å². The molecule has 0 aromatic heterocycles. The van der Waals surface area contributed by atoms with Crippen LogP contribution in [-0.2, 0) is 0 Å². The van der Waals surface area contributed by atoms with Gasteiger partial charge in [0.1, 0.15) is 12.2 Å². The molecular weight excluding hydrogens is 200 g/mol. The maximum atomic E-state index is 9.48. The van der Waals surface area contributed by atoms with E-state index in [0.717, 1.165) is 19.5 Å². The first-order valence-corrected chi connectivity index (χ1v) is 5.24. The molecular formula is C9H20N2O4. The van der Waals surface area contributed by atoms with Crippen molar-refractivity contribution in [1.82, 2.24) is 10.6 Å². The fourth-order valence-corrected chi connectivity index (χ4v) is 1.60. The topological polar surface area (TPSA) is 105 Å². The standard InChI is InChI=1S/C9H20N2O4/c12-5-8(14)9(15)7(13)4-11-6-1-2-10-3-6/h6-15H,1-5H2/t6?,7-,8+,9-/m0/s1. The van der Waals surface area contributed by atoms with Gasteiger partial charge in [0.15, 0.2) is 0 Å². The van der Waals surface area contributed by atoms with Crippen LogP contribution in [-0.4, -0.2) is 71.0 Å². The number of nitrogens with one attached hydrogen (secondary N) is 2. The van der Waals surface area contributed by atoms with Crippen molar-refractivity contribution in [2.45, 2.75) is 30.8 Å². The Hall–Kier alpha value is -0.240. The second-order valence-corrected chi connectivity index (χ2v) is 3.91. The quantitative estimate of drug-likeness (QED) is 0.285. The molecule has 0 saturated carbocycles. The van der Waals surface area contributed by atoms with E-state index in [9.17, 15) is 10.2 Å². The lowest BCUT2D eigenvalue weighted by Gasteiger charge is -2.23. The van der Waals surface area contributed by atoms with Crippen LogP contribution >= 0.6 is 0 Å². The molecule has 0 bridgehead atoms. The highest BCUT2D eigenvalue weighted by molar-refractivity contribution is 4.81. The highest BCUT2D eigenvalue weighted by atomic mass is 16.4. The summed E-state index contributed by atoms with van der Waals surface area (Å²) in [7, 11) is 0. The summed E-state index contributed by atoms with van der Waals surface area (Å²) in [4.78, 5) is 0. The lowest BCUT2D eigenvalue weighted by atomic mass is 10.1. The van der Waals surface area contributed by atoms with Crippen molar-refractivity contribution >= 4 is 0 Å². The zero-order valence-electron chi connectivity index (χ0n) is 8.63. The molecule has 1 aliphatic heterocycles. The van der Waals surface area contributed by atoms with Crippen molar-refractivity contribution in [2.75, 3.05) is 26.2 Å². The van der Waals surface area contributed by atoms with Crippen molar-refractivity contribution < 1.29 is 20.4 Å². The molecule has 6 N–H and O–H groups in total. The van der Waals surface area contributed by atoms with E-state index in [1.54, 1.807) is 0 Å². The molecule has 4 atom stereocenters. The van der Waals surface area contributed by atoms with Crippen molar-refractivity contribution in [2.24, 2.45) is 0 Å². The Kier molecular flexibility index (Phi) is 5.44. The fraction of sp³-hybridized carbons (Fsp3) is 1.00. The van der Waals surface area contributed by atoms with Gasteiger partial charge in [-0.25, -0.2) is 0 Å². The van der Waals surface area contributed by atoms with E-state index >= 15 is 0 Å². The maximum Gasteiger partial charge on any atom is 0.109 e. The lowest BCUT2D eigenvalue weighted by molar-refractivity contribution is -0.0754. The third-order valence-corrected chi connectivity index (χ3v) is 2.65. The Morgan fingerprint density at radius 2 is 2.00 bits per heavy atom. The molecule has 0 aromatic carbocycles. The molecule has 0 aromatic rings. The second kappa shape index (κ2) is 6.37. The number of aliphatic hydroxyl groups excluding tert-OH is 4. The zero-order valence-corrected chi connectivity index (χ0v) is 8.63. The van der Waals surface area contributed by atoms with Gasteiger partial charge in [-0.15, -0.1) is 0 Å². The van der Waals surface area contributed by atoms with Gasteiger partial charge in [0.25, 0.3) is 0 Å². The van der Waals surface area contributed by atoms with Gasteiger partial charge < -0.3 is 31.1 Å². The molecule has 1 aliphatic rings. The predicted octanol–water partition coefficient (Wildman–Crippen LogP) is -2.99. The van der Waals surface area contributed by atoms with Gasteiger partial charge in [-0.3, -0.25) is 0 Å². The molecule has 0 amide bonds. The van der Waals surface area contributed by atoms with Crippen LogP contribution in [0, 0.1) is 0 Å². The molecule has 90 valence electrons. The van der Waals surface area contributed by atoms with Crippen LogP contribution in [0.15, 0.2) is 0 Å². The van der Waals surface area contributed by atoms with Gasteiger partial charge in [0, 0.05) is 19.1 Å². The van der Waals surface area contributed by atoms with Crippen molar-refractivity contribution in [1.29, 1.82) is 0 Å². The normalized spacial score (nSPS) is 27.6. The summed E-state index contributed by atoms with van der Waals surface area (Å²) in [5.41, 5.74) is 0. The predicted molar refractivity (Wildman–Crippen MR) is 54.4 cm³/mol. The smallest absolute Gasteiger partial charge is 0.109 e. The van der Waals surface area contributed by atoms with Crippen molar-refractivity contribution in [3.05, 3.63) is 0 Å². The Morgan fingerprint density at radius 3 is 2.53 bits per heavy atom. The minimum absolute atomic E-state index is 0.213. The van der Waals surface area contributed by atoms with E-state index in [1.807, 2.05) is 0 Å². The largest absolute Gasteiger partial charge is 0.394 e. The number of rotatable bonds is 6. The van der Waals surface area contributed by atoms with E-state index in [2.05, 4.69) is 10.6 Å². The highest BCUT2D eigenvalue weighted by Gasteiger charge is 2.25. The second-order valence-electron chi connectivity index (χ2n) is 3.91. The summed E-state index contributed by atoms with van der Waals surface area (Å²) >= 11 is 0. The van der Waals surface area contributed by atoms with Crippen LogP contribution in [0.4, 0.5) is 0 Å². The van der Waals surface area contributed by atoms with E-state index in [4.69, 9.17) is 10.2 Å². The first-order chi connectivity index (χ1) is 7.15. The first-order valence-electron chi connectivity index (χ1n) is 5.24. The molecule has 1 heterocycles. The van der Waals surface area contributed by atoms with Crippen LogP contribution < -0.4 is 10.6 Å². The maximum absolute atomic E-state index is 9.48. The van der Waals surface area contributed by atoms with Gasteiger partial charge >= 0.3 is 0 Å². The summed E-state index contributed by atoms with van der Waals surface area (Å²) < 4.78 is 0. The molecule has 6 nitrogen and oxygen atoms in total. The molecule has 15 heavy (non-hydrogen) atoms. The molecule has 1 fully saturated rings. The number of aliphatic hydroxyl groups is 4. The molecule has 0 spiro atoms. The van der Waals surface area contributed by atoms with E-state index in [1.165, 1.54) is 0 Å². The molecule has 0 radical (unpaired) electrons. The monoisotopic (exact) mass is 220 g/mol. The van der Waals surface area contributed by atoms with E-state index in [0.29, 0.717) is 6.04 Å². The highest BCUT2D eigenvalue weighted by Crippen LogP contribution is 2.01. The van der Waals surface area contributed by atoms with Crippen molar-refractivity contribution in [3.63, 3.8) is 0 Å². The van der Waals surface area contributed by atoms with Crippen LogP contribution in [0.5, 0.6) is 0 Å². The first kappa shape index (κ1) is 12.8. The van der Waals surface area contributed by atoms with E-state index < -0.39 is 24.9 Å². The minimum Gasteiger partial charge on any atom is -0.394 e. The summed E-state index contributed by atoms with van der Waals surface area (Å²) in [6.45, 7) is 1.47. The Morgan fingerprint density at radius 1 is 1.27 bits per heavy atom. The van der Waals surface area contributed by atoms with Gasteiger partial charge in [-0.05, 0) is 13.0 Å². The zero-order chi connectivity index (χ0) is 11.3. The average Bonchev–Trinajstić information content (AvgIpc) is 2.76. The molecule has 1 rings (SSSR count). The van der Waals surface area contributed by atoms with Gasteiger partial charge in [0.05, 0.1) is 12.7 Å². The van der Waals surface area contributed by atoms with Crippen LogP contribution in [0.25, 0.3) is 0 Å². The lowest BCUT2D eigenvalue weighted by Crippen LogP contribution is -2.47. The Bertz CT molecular complexity index is 175. The van der Waals surface area contributed by atoms with Crippen LogP contribution in [0.3, 0.4) is 0 Å². The Balaban J connectivity index is 2.19. The molecule has 1 unspecified atom stereocenters. The summed E-state index contributed by atoms with van der Waals surface area (Å²) in [6.07, 6.45) is -2.67. The van der Waals surface area contributed by atoms with Gasteiger partial charge in [-0.2, -0.15) is 0 Å². The van der Waals surface area contributed by atoms with Crippen LogP contribution in [0.2, 0.25) is 0 Å². The Labute approximate surface area is 88.9 Å². The molecule has 0 aliphatic carbocycles. The number of hydrogen-bond acceptors (Lipinski definition) is 6. The van der Waals surface area contributed by atoms with Gasteiger partial charge in [-0.1, -0.05) is 0 Å². The van der Waals surface area contributed by atoms with Crippen LogP contribution in [0.1, 0.15) is 6.42 Å². The molecule has 6 heteroatoms. The third-order valence-electron chi connectivity index (χ3n) is 2.65. The minimum atomic E-state index is -1.31. The molecule has 1 saturated heterocycles. The average molecular weight is 220 g/mol. The fourth-order valence-electron chi connectivity index (χ4n) is 1.60. The van der Waals surface area contributed by atoms with Gasteiger partial charge in [0.2, 0.25) is 0 Å². The summed E-state index contributed by atoms with van der Waals surface area (Å²) in [5.74, 6) is 0. The summed E-state index contributed by atoms with van der Waals surface area (Å²) in [6, 6.07) is 0.304. The third kappa shape index (κ3) is 4.02. The SMILES string of the molecule is OC[C@@H](O)[C@@H](O)[C@@H](O)CNC1CCNC1. The van der Waals surface area contributed by atoms with Crippen molar-refractivity contribution in [3.8, 4) is 0 Å². The number of hydrogen-bond donors (Lipinski definition) is 6. The summed E-state index contributed by atoms with van der Waals surface area (Å²) in [5, 5.41) is 42.7.